The van der Waals surface area contributed by atoms with Crippen LogP contribution in [0.1, 0.15) is 26.7 Å². The van der Waals surface area contributed by atoms with Crippen LogP contribution >= 0.6 is 33.3 Å². The molecule has 0 saturated heterocycles. The largest absolute Gasteiger partial charge is 0.356 e. The fraction of sp³-hybridized carbons (Fsp3) is 0.444. The summed E-state index contributed by atoms with van der Waals surface area (Å²) in [6.45, 7) is 5.07. The van der Waals surface area contributed by atoms with Crippen LogP contribution < -0.4 is 5.32 Å². The van der Waals surface area contributed by atoms with Gasteiger partial charge in [-0.15, -0.1) is 11.8 Å². The van der Waals surface area contributed by atoms with Crippen LogP contribution in [-0.4, -0.2) is 51.7 Å². The Hall–Kier alpha value is -1.45. The zero-order chi connectivity index (χ0) is 19.6. The average Bonchev–Trinajstić information content (AvgIpc) is 2.96. The lowest BCUT2D eigenvalue weighted by Crippen LogP contribution is -2.35. The number of imide groups is 1. The molecule has 1 atom stereocenters. The van der Waals surface area contributed by atoms with E-state index >= 15 is 0 Å². The van der Waals surface area contributed by atoms with Crippen molar-refractivity contribution in [3.05, 3.63) is 30.4 Å². The minimum absolute atomic E-state index is 0.0421. The maximum atomic E-state index is 11.6. The Morgan fingerprint density at radius 2 is 1.93 bits per heavy atom. The lowest BCUT2D eigenvalue weighted by molar-refractivity contribution is -0.136. The van der Waals surface area contributed by atoms with Crippen molar-refractivity contribution >= 4 is 51.1 Å². The molecule has 9 heteroatoms. The number of hydrogen-bond donors (Lipinski definition) is 1. The van der Waals surface area contributed by atoms with E-state index in [1.165, 1.54) is 28.8 Å². The normalized spacial score (nSPS) is 14.7. The Labute approximate surface area is 171 Å². The summed E-state index contributed by atoms with van der Waals surface area (Å²) in [4.78, 5) is 40.7. The Morgan fingerprint density at radius 3 is 2.63 bits per heavy atom. The molecule has 2 heterocycles. The van der Waals surface area contributed by atoms with Crippen LogP contribution in [0.2, 0.25) is 0 Å². The quantitative estimate of drug-likeness (QED) is 0.252. The van der Waals surface area contributed by atoms with E-state index in [9.17, 15) is 14.4 Å². The predicted octanol–water partition coefficient (Wildman–Crippen LogP) is 3.14. The van der Waals surface area contributed by atoms with Gasteiger partial charge in [0.2, 0.25) is 5.91 Å². The van der Waals surface area contributed by atoms with E-state index in [1.54, 1.807) is 21.6 Å². The van der Waals surface area contributed by atoms with Crippen molar-refractivity contribution in [3.8, 4) is 0 Å². The molecular formula is C18H23N3O3S3. The zero-order valence-corrected chi connectivity index (χ0v) is 17.8. The van der Waals surface area contributed by atoms with E-state index in [4.69, 9.17) is 0 Å². The Morgan fingerprint density at radius 1 is 1.22 bits per heavy atom. The highest BCUT2D eigenvalue weighted by Gasteiger charge is 2.25. The number of nitrogens with zero attached hydrogens (tertiary/aromatic N) is 2. The third-order valence-corrected chi connectivity index (χ3v) is 6.76. The molecule has 6 nitrogen and oxygen atoms in total. The molecule has 0 spiro atoms. The van der Waals surface area contributed by atoms with Gasteiger partial charge in [0.05, 0.1) is 5.03 Å². The summed E-state index contributed by atoms with van der Waals surface area (Å²) in [6.07, 6.45) is 4.04. The van der Waals surface area contributed by atoms with E-state index in [2.05, 4.69) is 10.3 Å². The summed E-state index contributed by atoms with van der Waals surface area (Å²) >= 11 is 1.53. The molecule has 27 heavy (non-hydrogen) atoms. The molecule has 1 N–H and O–H groups in total. The van der Waals surface area contributed by atoms with Gasteiger partial charge in [0, 0.05) is 42.7 Å². The third-order valence-electron chi connectivity index (χ3n) is 3.49. The maximum Gasteiger partial charge on any atom is 0.253 e. The molecule has 1 unspecified atom stereocenters. The van der Waals surface area contributed by atoms with Crippen molar-refractivity contribution in [1.82, 2.24) is 15.2 Å². The minimum Gasteiger partial charge on any atom is -0.356 e. The molecule has 3 amide bonds. The predicted molar refractivity (Wildman–Crippen MR) is 112 cm³/mol. The van der Waals surface area contributed by atoms with Gasteiger partial charge in [0.25, 0.3) is 11.8 Å². The van der Waals surface area contributed by atoms with Crippen molar-refractivity contribution in [2.45, 2.75) is 42.0 Å². The molecular weight excluding hydrogens is 402 g/mol. The summed E-state index contributed by atoms with van der Waals surface area (Å²) in [7, 11) is 3.15. The Balaban J connectivity index is 1.75. The fourth-order valence-corrected chi connectivity index (χ4v) is 5.09. The highest BCUT2D eigenvalue weighted by atomic mass is 33.1. The van der Waals surface area contributed by atoms with Gasteiger partial charge in [-0.05, 0) is 29.3 Å². The molecule has 0 aromatic carbocycles. The molecule has 0 bridgehead atoms. The first-order chi connectivity index (χ1) is 13.0. The molecule has 0 fully saturated rings. The number of nitrogens with one attached hydrogen (secondary N) is 1. The van der Waals surface area contributed by atoms with E-state index in [1.807, 2.05) is 32.0 Å². The summed E-state index contributed by atoms with van der Waals surface area (Å²) in [5, 5.41) is 4.63. The van der Waals surface area contributed by atoms with Crippen LogP contribution in [0, 0.1) is 0 Å². The molecule has 1 aliphatic heterocycles. The molecule has 0 aliphatic carbocycles. The Kier molecular flexibility index (Phi) is 9.23. The third kappa shape index (κ3) is 7.59. The van der Waals surface area contributed by atoms with Crippen LogP contribution in [-0.2, 0) is 14.4 Å². The number of rotatable bonds is 11. The second kappa shape index (κ2) is 11.4. The van der Waals surface area contributed by atoms with Gasteiger partial charge in [-0.2, -0.15) is 0 Å². The first kappa shape index (κ1) is 21.8. The van der Waals surface area contributed by atoms with E-state index in [0.717, 1.165) is 28.8 Å². The summed E-state index contributed by atoms with van der Waals surface area (Å²) < 4.78 is 0. The van der Waals surface area contributed by atoms with Crippen LogP contribution in [0.3, 0.4) is 0 Å². The number of hydrogen-bond acceptors (Lipinski definition) is 7. The number of aromatic nitrogens is 1. The topological polar surface area (TPSA) is 79.4 Å². The monoisotopic (exact) mass is 425 g/mol. The number of thioether (sulfide) groups is 1. The van der Waals surface area contributed by atoms with Gasteiger partial charge in [-0.3, -0.25) is 19.3 Å². The Bertz CT molecular complexity index is 694. The highest BCUT2D eigenvalue weighted by molar-refractivity contribution is 8.76. The van der Waals surface area contributed by atoms with Crippen LogP contribution in [0.4, 0.5) is 0 Å². The molecule has 0 radical (unpaired) electrons. The first-order valence-electron chi connectivity index (χ1n) is 8.73. The van der Waals surface area contributed by atoms with E-state index in [0.29, 0.717) is 13.0 Å². The van der Waals surface area contributed by atoms with Gasteiger partial charge >= 0.3 is 0 Å². The van der Waals surface area contributed by atoms with Crippen LogP contribution in [0.25, 0.3) is 0 Å². The van der Waals surface area contributed by atoms with Gasteiger partial charge in [-0.25, -0.2) is 4.98 Å². The number of pyridine rings is 1. The van der Waals surface area contributed by atoms with Crippen molar-refractivity contribution < 1.29 is 14.4 Å². The molecule has 2 rings (SSSR count). The van der Waals surface area contributed by atoms with E-state index in [-0.39, 0.29) is 23.0 Å². The highest BCUT2D eigenvalue weighted by Crippen LogP contribution is 2.32. The molecule has 146 valence electrons. The van der Waals surface area contributed by atoms with E-state index < -0.39 is 0 Å². The van der Waals surface area contributed by atoms with Crippen molar-refractivity contribution in [3.63, 3.8) is 0 Å². The SMILES string of the molecule is CCCNC(=O)CCSSc1cccc(SC(C)CN2C(=O)C=CC2=O)n1. The molecule has 1 aromatic rings. The van der Waals surface area contributed by atoms with Crippen LogP contribution in [0.15, 0.2) is 40.4 Å². The smallest absolute Gasteiger partial charge is 0.253 e. The fourth-order valence-electron chi connectivity index (χ4n) is 2.21. The van der Waals surface area contributed by atoms with Gasteiger partial charge < -0.3 is 5.32 Å². The number of carbonyl (C=O) groups is 3. The van der Waals surface area contributed by atoms with Gasteiger partial charge in [0.15, 0.2) is 0 Å². The summed E-state index contributed by atoms with van der Waals surface area (Å²) in [6, 6.07) is 5.79. The average molecular weight is 426 g/mol. The lowest BCUT2D eigenvalue weighted by atomic mass is 10.4. The second-order valence-corrected chi connectivity index (χ2v) is 9.76. The number of amides is 3. The van der Waals surface area contributed by atoms with Crippen molar-refractivity contribution in [1.29, 1.82) is 0 Å². The summed E-state index contributed by atoms with van der Waals surface area (Å²) in [5.74, 6) is 0.284. The first-order valence-corrected chi connectivity index (χ1v) is 11.9. The molecule has 1 aliphatic rings. The minimum atomic E-state index is -0.260. The van der Waals surface area contributed by atoms with Crippen molar-refractivity contribution in [2.24, 2.45) is 0 Å². The van der Waals surface area contributed by atoms with Crippen molar-refractivity contribution in [2.75, 3.05) is 18.8 Å². The number of carbonyl (C=O) groups excluding carboxylic acids is 3. The molecule has 1 aromatic heterocycles. The second-order valence-electron chi connectivity index (χ2n) is 5.87. The van der Waals surface area contributed by atoms with Crippen LogP contribution in [0.5, 0.6) is 0 Å². The maximum absolute atomic E-state index is 11.6. The van der Waals surface area contributed by atoms with Gasteiger partial charge in [-0.1, -0.05) is 30.7 Å². The zero-order valence-electron chi connectivity index (χ0n) is 15.3. The lowest BCUT2D eigenvalue weighted by Gasteiger charge is -2.18. The summed E-state index contributed by atoms with van der Waals surface area (Å²) in [5.41, 5.74) is 0. The molecule has 0 saturated carbocycles. The van der Waals surface area contributed by atoms with Gasteiger partial charge in [0.1, 0.15) is 5.03 Å². The standard InChI is InChI=1S/C18H23N3O3S3/c1-3-10-19-14(22)9-11-25-27-16-6-4-5-15(20-16)26-13(2)12-21-17(23)7-8-18(21)24/h4-8,13H,3,9-12H2,1-2H3,(H,19,22).